The summed E-state index contributed by atoms with van der Waals surface area (Å²) in [6.45, 7) is 5.82. The van der Waals surface area contributed by atoms with E-state index in [4.69, 9.17) is 0 Å². The Morgan fingerprint density at radius 3 is 2.12 bits per heavy atom. The Hall–Kier alpha value is -1.91. The molecule has 1 saturated heterocycles. The molecular formula is C30H42N2O2. The average Bonchev–Trinajstić information content (AvgIpc) is 3.70. The van der Waals surface area contributed by atoms with Crippen molar-refractivity contribution in [3.63, 3.8) is 0 Å². The number of hydrogen-bond donors (Lipinski definition) is 1. The molecule has 1 N–H and O–H groups in total. The van der Waals surface area contributed by atoms with Crippen LogP contribution in [0, 0.1) is 11.8 Å². The van der Waals surface area contributed by atoms with Crippen molar-refractivity contribution in [1.82, 2.24) is 9.80 Å². The smallest absolute Gasteiger partial charge is 0.254 e. The van der Waals surface area contributed by atoms with E-state index in [0.29, 0.717) is 12.1 Å². The molecule has 1 heterocycles. The second-order valence-electron chi connectivity index (χ2n) is 11.6. The molecule has 4 nitrogen and oxygen atoms in total. The lowest BCUT2D eigenvalue weighted by Crippen LogP contribution is -2.51. The maximum atomic E-state index is 13.5. The Labute approximate surface area is 205 Å². The molecule has 4 heteroatoms. The largest absolute Gasteiger partial charge is 0.386 e. The van der Waals surface area contributed by atoms with Crippen molar-refractivity contribution in [1.29, 1.82) is 0 Å². The molecule has 184 valence electrons. The molecule has 34 heavy (non-hydrogen) atoms. The molecule has 0 spiro atoms. The molecule has 1 amide bonds. The number of piperidine rings is 1. The lowest BCUT2D eigenvalue weighted by Gasteiger charge is -2.44. The van der Waals surface area contributed by atoms with Gasteiger partial charge in [0.2, 0.25) is 0 Å². The summed E-state index contributed by atoms with van der Waals surface area (Å²) in [6, 6.07) is 9.12. The van der Waals surface area contributed by atoms with Gasteiger partial charge in [-0.15, -0.1) is 0 Å². The lowest BCUT2D eigenvalue weighted by molar-refractivity contribution is 0.0428. The monoisotopic (exact) mass is 462 g/mol. The molecule has 0 radical (unpaired) electrons. The van der Waals surface area contributed by atoms with Crippen LogP contribution in [0.2, 0.25) is 0 Å². The fourth-order valence-electron chi connectivity index (χ4n) is 6.53. The van der Waals surface area contributed by atoms with Crippen LogP contribution in [-0.4, -0.2) is 52.0 Å². The van der Waals surface area contributed by atoms with Crippen molar-refractivity contribution in [2.75, 3.05) is 13.1 Å². The summed E-state index contributed by atoms with van der Waals surface area (Å²) in [6.07, 6.45) is 20.3. The van der Waals surface area contributed by atoms with Crippen LogP contribution in [0.4, 0.5) is 0 Å². The van der Waals surface area contributed by atoms with Crippen LogP contribution < -0.4 is 0 Å². The minimum Gasteiger partial charge on any atom is -0.386 e. The minimum absolute atomic E-state index is 0.179. The molecule has 0 unspecified atom stereocenters. The van der Waals surface area contributed by atoms with E-state index in [1.807, 2.05) is 24.3 Å². The van der Waals surface area contributed by atoms with E-state index in [1.165, 1.54) is 32.1 Å². The third-order valence-electron chi connectivity index (χ3n) is 8.78. The van der Waals surface area contributed by atoms with Gasteiger partial charge in [0, 0.05) is 36.8 Å². The Bertz CT molecular complexity index is 893. The summed E-state index contributed by atoms with van der Waals surface area (Å²) < 4.78 is 0. The average molecular weight is 463 g/mol. The Morgan fingerprint density at radius 2 is 1.56 bits per heavy atom. The molecule has 1 aromatic carbocycles. The van der Waals surface area contributed by atoms with Gasteiger partial charge in [-0.3, -0.25) is 4.79 Å². The van der Waals surface area contributed by atoms with E-state index in [0.717, 1.165) is 67.8 Å². The second kappa shape index (κ2) is 9.99. The van der Waals surface area contributed by atoms with E-state index >= 15 is 0 Å². The van der Waals surface area contributed by atoms with E-state index in [9.17, 15) is 9.90 Å². The maximum absolute atomic E-state index is 13.5. The van der Waals surface area contributed by atoms with Crippen molar-refractivity contribution >= 4 is 5.91 Å². The first kappa shape index (κ1) is 23.8. The SMILES string of the molecule is CC(C)(O)c1ccc(C(=O)N(C2CC2)C2CCN(C3CCC([C@@H]4C=CC=CC4)CC3)CC2)cc1. The van der Waals surface area contributed by atoms with Gasteiger partial charge in [-0.05, 0) is 101 Å². The summed E-state index contributed by atoms with van der Waals surface area (Å²) >= 11 is 0. The highest BCUT2D eigenvalue weighted by molar-refractivity contribution is 5.95. The first-order chi connectivity index (χ1) is 16.4. The van der Waals surface area contributed by atoms with Gasteiger partial charge in [0.05, 0.1) is 5.60 Å². The molecule has 3 fully saturated rings. The molecular weight excluding hydrogens is 420 g/mol. The number of nitrogens with zero attached hydrogens (tertiary/aromatic N) is 2. The molecule has 5 rings (SSSR count). The first-order valence-corrected chi connectivity index (χ1v) is 13.6. The quantitative estimate of drug-likeness (QED) is 0.592. The third kappa shape index (κ3) is 5.33. The molecule has 1 atom stereocenters. The van der Waals surface area contributed by atoms with Crippen molar-refractivity contribution in [3.05, 3.63) is 59.7 Å². The first-order valence-electron chi connectivity index (χ1n) is 13.6. The number of carbonyl (C=O) groups excluding carboxylic acids is 1. The zero-order chi connectivity index (χ0) is 23.7. The highest BCUT2D eigenvalue weighted by Crippen LogP contribution is 2.38. The number of rotatable bonds is 6. The van der Waals surface area contributed by atoms with E-state index in [1.54, 1.807) is 13.8 Å². The van der Waals surface area contributed by atoms with E-state index < -0.39 is 5.60 Å². The van der Waals surface area contributed by atoms with Crippen LogP contribution in [-0.2, 0) is 5.60 Å². The number of hydrogen-bond acceptors (Lipinski definition) is 3. The predicted octanol–water partition coefficient (Wildman–Crippen LogP) is 5.67. The molecule has 1 aromatic rings. The number of amides is 1. The summed E-state index contributed by atoms with van der Waals surface area (Å²) in [5.74, 6) is 1.80. The summed E-state index contributed by atoms with van der Waals surface area (Å²) in [5.41, 5.74) is 0.724. The Morgan fingerprint density at radius 1 is 0.912 bits per heavy atom. The molecule has 4 aliphatic rings. The number of allylic oxidation sites excluding steroid dienone is 4. The zero-order valence-corrected chi connectivity index (χ0v) is 21.0. The van der Waals surface area contributed by atoms with Crippen LogP contribution in [0.25, 0.3) is 0 Å². The van der Waals surface area contributed by atoms with Gasteiger partial charge < -0.3 is 14.9 Å². The normalized spacial score (nSPS) is 28.7. The van der Waals surface area contributed by atoms with Gasteiger partial charge in [-0.25, -0.2) is 0 Å². The summed E-state index contributed by atoms with van der Waals surface area (Å²) in [4.78, 5) is 18.4. The van der Waals surface area contributed by atoms with Crippen LogP contribution in [0.5, 0.6) is 0 Å². The molecule has 1 aliphatic heterocycles. The number of likely N-dealkylation sites (tertiary alicyclic amines) is 1. The topological polar surface area (TPSA) is 43.8 Å². The highest BCUT2D eigenvalue weighted by atomic mass is 16.3. The maximum Gasteiger partial charge on any atom is 0.254 e. The number of aliphatic hydroxyl groups is 1. The van der Waals surface area contributed by atoms with Gasteiger partial charge in [0.1, 0.15) is 0 Å². The number of benzene rings is 1. The fourth-order valence-corrected chi connectivity index (χ4v) is 6.53. The fraction of sp³-hybridized carbons (Fsp3) is 0.633. The molecule has 2 saturated carbocycles. The van der Waals surface area contributed by atoms with Gasteiger partial charge >= 0.3 is 0 Å². The van der Waals surface area contributed by atoms with Gasteiger partial charge in [-0.2, -0.15) is 0 Å². The van der Waals surface area contributed by atoms with Crippen LogP contribution in [0.1, 0.15) is 87.6 Å². The number of carbonyl (C=O) groups is 1. The van der Waals surface area contributed by atoms with Crippen LogP contribution in [0.3, 0.4) is 0 Å². The summed E-state index contributed by atoms with van der Waals surface area (Å²) in [5, 5.41) is 10.2. The van der Waals surface area contributed by atoms with Gasteiger partial charge in [-0.1, -0.05) is 36.4 Å². The Balaban J connectivity index is 1.15. The van der Waals surface area contributed by atoms with E-state index in [2.05, 4.69) is 34.1 Å². The molecule has 0 bridgehead atoms. The molecule has 3 aliphatic carbocycles. The second-order valence-corrected chi connectivity index (χ2v) is 11.6. The minimum atomic E-state index is -0.881. The van der Waals surface area contributed by atoms with Gasteiger partial charge in [0.15, 0.2) is 0 Å². The lowest BCUT2D eigenvalue weighted by atomic mass is 9.75. The van der Waals surface area contributed by atoms with E-state index in [-0.39, 0.29) is 5.91 Å². The zero-order valence-electron chi connectivity index (χ0n) is 21.0. The third-order valence-corrected chi connectivity index (χ3v) is 8.78. The van der Waals surface area contributed by atoms with Crippen molar-refractivity contribution < 1.29 is 9.90 Å². The standard InChI is InChI=1S/C30H42N2O2/c1-30(2,34)25-12-8-24(9-13-25)29(33)32(27-16-17-27)28-18-20-31(21-19-28)26-14-10-23(11-15-26)22-6-4-3-5-7-22/h3-6,8-9,12-13,22-23,26-28,34H,7,10-11,14-21H2,1-2H3/t22-,23?,26?/m1/s1. The van der Waals surface area contributed by atoms with Crippen LogP contribution in [0.15, 0.2) is 48.6 Å². The Kier molecular flexibility index (Phi) is 7.00. The van der Waals surface area contributed by atoms with Crippen LogP contribution >= 0.6 is 0 Å². The van der Waals surface area contributed by atoms with Crippen molar-refractivity contribution in [2.45, 2.75) is 95.4 Å². The summed E-state index contributed by atoms with van der Waals surface area (Å²) in [7, 11) is 0. The van der Waals surface area contributed by atoms with Crippen molar-refractivity contribution in [3.8, 4) is 0 Å². The van der Waals surface area contributed by atoms with Crippen molar-refractivity contribution in [2.24, 2.45) is 11.8 Å². The highest BCUT2D eigenvalue weighted by Gasteiger charge is 2.40. The van der Waals surface area contributed by atoms with Gasteiger partial charge in [0.25, 0.3) is 5.91 Å². The predicted molar refractivity (Wildman–Crippen MR) is 138 cm³/mol. The molecule has 0 aromatic heterocycles.